The molecule has 1 aromatic heterocycles. The number of nitrogens with one attached hydrogen (secondary N) is 1. The van der Waals surface area contributed by atoms with Gasteiger partial charge in [-0.25, -0.2) is 13.1 Å². The molecule has 0 radical (unpaired) electrons. The summed E-state index contributed by atoms with van der Waals surface area (Å²) in [5.74, 6) is 0.104. The predicted octanol–water partition coefficient (Wildman–Crippen LogP) is 2.67. The molecule has 3 aromatic rings. The first-order valence-corrected chi connectivity index (χ1v) is 11.3. The number of carbonyl (C=O) groups is 2. The van der Waals surface area contributed by atoms with Crippen LogP contribution < -0.4 is 9.62 Å². The zero-order chi connectivity index (χ0) is 22.2. The average molecular weight is 442 g/mol. The van der Waals surface area contributed by atoms with Crippen molar-refractivity contribution in [2.45, 2.75) is 23.8 Å². The zero-order valence-electron chi connectivity index (χ0n) is 17.2. The number of carbonyl (C=O) groups excluding carboxylic acids is 2. The van der Waals surface area contributed by atoms with E-state index in [-0.39, 0.29) is 42.1 Å². The third-order valence-electron chi connectivity index (χ3n) is 5.32. The van der Waals surface area contributed by atoms with Gasteiger partial charge in [-0.1, -0.05) is 18.2 Å². The summed E-state index contributed by atoms with van der Waals surface area (Å²) in [6, 6.07) is 14.9. The number of furan rings is 1. The Balaban J connectivity index is 1.50. The molecule has 8 nitrogen and oxygen atoms in total. The zero-order valence-corrected chi connectivity index (χ0v) is 18.1. The third kappa shape index (κ3) is 4.25. The molecule has 2 amide bonds. The van der Waals surface area contributed by atoms with E-state index >= 15 is 0 Å². The van der Waals surface area contributed by atoms with Crippen LogP contribution in [0.4, 0.5) is 5.69 Å². The first kappa shape index (κ1) is 21.2. The Hall–Kier alpha value is -3.01. The van der Waals surface area contributed by atoms with Crippen LogP contribution in [0.3, 0.4) is 0 Å². The number of likely N-dealkylation sites (N-methyl/N-ethyl adjacent to an activating group) is 1. The Bertz CT molecular complexity index is 1180. The van der Waals surface area contributed by atoms with E-state index in [2.05, 4.69) is 4.72 Å². The normalized spacial score (nSPS) is 15.9. The molecule has 1 atom stereocenters. The molecule has 31 heavy (non-hydrogen) atoms. The molecular formula is C22H23N3O5S. The molecule has 0 spiro atoms. The van der Waals surface area contributed by atoms with Gasteiger partial charge in [0, 0.05) is 24.8 Å². The van der Waals surface area contributed by atoms with E-state index < -0.39 is 10.0 Å². The monoisotopic (exact) mass is 441 g/mol. The van der Waals surface area contributed by atoms with Crippen LogP contribution in [0.25, 0.3) is 11.0 Å². The van der Waals surface area contributed by atoms with E-state index in [0.29, 0.717) is 11.4 Å². The van der Waals surface area contributed by atoms with Gasteiger partial charge >= 0.3 is 0 Å². The van der Waals surface area contributed by atoms with Crippen LogP contribution in [-0.4, -0.2) is 45.8 Å². The second-order valence-corrected chi connectivity index (χ2v) is 9.40. The lowest BCUT2D eigenvalue weighted by Crippen LogP contribution is -2.34. The first-order chi connectivity index (χ1) is 14.8. The van der Waals surface area contributed by atoms with E-state index in [1.54, 1.807) is 0 Å². The minimum absolute atomic E-state index is 0.0532. The number of benzene rings is 2. The molecule has 0 saturated carbocycles. The summed E-state index contributed by atoms with van der Waals surface area (Å²) in [6.07, 6.45) is 0.350. The molecule has 1 saturated heterocycles. The van der Waals surface area contributed by atoms with Gasteiger partial charge in [0.25, 0.3) is 0 Å². The average Bonchev–Trinajstić information content (AvgIpc) is 3.30. The summed E-state index contributed by atoms with van der Waals surface area (Å²) in [4.78, 5) is 26.8. The van der Waals surface area contributed by atoms with Crippen LogP contribution >= 0.6 is 0 Å². The smallest absolute Gasteiger partial charge is 0.240 e. The second kappa shape index (κ2) is 8.26. The summed E-state index contributed by atoms with van der Waals surface area (Å²) in [5.41, 5.74) is 1.12. The van der Waals surface area contributed by atoms with E-state index in [1.807, 2.05) is 49.3 Å². The van der Waals surface area contributed by atoms with Gasteiger partial charge in [-0.3, -0.25) is 19.4 Å². The minimum Gasteiger partial charge on any atom is -0.459 e. The van der Waals surface area contributed by atoms with Gasteiger partial charge in [-0.15, -0.1) is 0 Å². The maximum atomic E-state index is 12.8. The molecule has 1 unspecified atom stereocenters. The standard InChI is InChI=1S/C22H23N3O5S/c1-24(2)18(20-13-15-5-3-4-6-19(15)30-20)14-23-31(28,29)17-9-7-16(8-10-17)25-21(26)11-12-22(25)27/h3-10,13,18,23H,11-12,14H2,1-2H3. The molecule has 4 rings (SSSR count). The Kier molecular flexibility index (Phi) is 5.65. The maximum absolute atomic E-state index is 12.8. The van der Waals surface area contributed by atoms with Crippen LogP contribution in [0.2, 0.25) is 0 Å². The van der Waals surface area contributed by atoms with Crippen LogP contribution in [0.15, 0.2) is 63.9 Å². The molecule has 1 aliphatic rings. The highest BCUT2D eigenvalue weighted by Crippen LogP contribution is 2.27. The minimum atomic E-state index is -3.80. The Morgan fingerprint density at radius 3 is 2.29 bits per heavy atom. The van der Waals surface area contributed by atoms with Gasteiger partial charge < -0.3 is 4.42 Å². The molecule has 162 valence electrons. The number of para-hydroxylation sites is 1. The van der Waals surface area contributed by atoms with Crippen molar-refractivity contribution in [3.8, 4) is 0 Å². The highest BCUT2D eigenvalue weighted by Gasteiger charge is 2.30. The molecule has 1 aliphatic heterocycles. The largest absolute Gasteiger partial charge is 0.459 e. The lowest BCUT2D eigenvalue weighted by molar-refractivity contribution is -0.121. The Morgan fingerprint density at radius 1 is 1.03 bits per heavy atom. The molecule has 1 N–H and O–H groups in total. The van der Waals surface area contributed by atoms with Crippen molar-refractivity contribution in [3.63, 3.8) is 0 Å². The van der Waals surface area contributed by atoms with Gasteiger partial charge in [0.05, 0.1) is 16.6 Å². The number of hydrogen-bond acceptors (Lipinski definition) is 6. The molecule has 0 aliphatic carbocycles. The third-order valence-corrected chi connectivity index (χ3v) is 6.76. The van der Waals surface area contributed by atoms with Crippen molar-refractivity contribution >= 4 is 38.5 Å². The summed E-state index contributed by atoms with van der Waals surface area (Å²) in [7, 11) is -0.0966. The van der Waals surface area contributed by atoms with Crippen LogP contribution in [0.1, 0.15) is 24.6 Å². The van der Waals surface area contributed by atoms with Crippen molar-refractivity contribution in [2.75, 3.05) is 25.5 Å². The maximum Gasteiger partial charge on any atom is 0.240 e. The predicted molar refractivity (Wildman–Crippen MR) is 116 cm³/mol. The number of hydrogen-bond donors (Lipinski definition) is 1. The molecule has 2 aromatic carbocycles. The van der Waals surface area contributed by atoms with Crippen LogP contribution in [-0.2, 0) is 19.6 Å². The molecule has 2 heterocycles. The van der Waals surface area contributed by atoms with Crippen molar-refractivity contribution in [3.05, 3.63) is 60.4 Å². The van der Waals surface area contributed by atoms with Crippen molar-refractivity contribution in [1.29, 1.82) is 0 Å². The van der Waals surface area contributed by atoms with Crippen molar-refractivity contribution in [2.24, 2.45) is 0 Å². The number of amides is 2. The van der Waals surface area contributed by atoms with E-state index in [0.717, 1.165) is 15.9 Å². The fraction of sp³-hybridized carbons (Fsp3) is 0.273. The Morgan fingerprint density at radius 2 is 1.68 bits per heavy atom. The molecule has 0 bridgehead atoms. The van der Waals surface area contributed by atoms with Crippen LogP contribution in [0, 0.1) is 0 Å². The van der Waals surface area contributed by atoms with Gasteiger partial charge in [0.15, 0.2) is 0 Å². The number of sulfonamides is 1. The second-order valence-electron chi connectivity index (χ2n) is 7.63. The van der Waals surface area contributed by atoms with Gasteiger partial charge in [-0.2, -0.15) is 0 Å². The fourth-order valence-electron chi connectivity index (χ4n) is 3.62. The SMILES string of the molecule is CN(C)C(CNS(=O)(=O)c1ccc(N2C(=O)CCC2=O)cc1)c1cc2ccccc2o1. The van der Waals surface area contributed by atoms with Crippen molar-refractivity contribution in [1.82, 2.24) is 9.62 Å². The highest BCUT2D eigenvalue weighted by molar-refractivity contribution is 7.89. The van der Waals surface area contributed by atoms with Crippen molar-refractivity contribution < 1.29 is 22.4 Å². The first-order valence-electron chi connectivity index (χ1n) is 9.87. The summed E-state index contributed by atoms with van der Waals surface area (Å²) in [5, 5.41) is 0.953. The van der Waals surface area contributed by atoms with E-state index in [1.165, 1.54) is 24.3 Å². The van der Waals surface area contributed by atoms with E-state index in [9.17, 15) is 18.0 Å². The van der Waals surface area contributed by atoms with E-state index in [4.69, 9.17) is 4.42 Å². The highest BCUT2D eigenvalue weighted by atomic mass is 32.2. The topological polar surface area (TPSA) is 99.9 Å². The number of fused-ring (bicyclic) bond motifs is 1. The molecule has 9 heteroatoms. The summed E-state index contributed by atoms with van der Waals surface area (Å²) in [6.45, 7) is 0.111. The molecule has 1 fully saturated rings. The number of imide groups is 1. The number of nitrogens with zero attached hydrogens (tertiary/aromatic N) is 2. The van der Waals surface area contributed by atoms with Crippen LogP contribution in [0.5, 0.6) is 0 Å². The lowest BCUT2D eigenvalue weighted by Gasteiger charge is -2.22. The van der Waals surface area contributed by atoms with Gasteiger partial charge in [-0.05, 0) is 50.5 Å². The number of anilines is 1. The summed E-state index contributed by atoms with van der Waals surface area (Å²) < 4.78 is 34.2. The number of rotatable bonds is 7. The van der Waals surface area contributed by atoms with Gasteiger partial charge in [0.1, 0.15) is 11.3 Å². The lowest BCUT2D eigenvalue weighted by atomic mass is 10.2. The molecular weight excluding hydrogens is 418 g/mol. The quantitative estimate of drug-likeness (QED) is 0.566. The van der Waals surface area contributed by atoms with Gasteiger partial charge in [0.2, 0.25) is 21.8 Å². The fourth-order valence-corrected chi connectivity index (χ4v) is 4.65. The summed E-state index contributed by atoms with van der Waals surface area (Å²) >= 11 is 0. The Labute approximate surface area is 180 Å².